The number of nitrogens with zero attached hydrogens (tertiary/aromatic N) is 3. The molecule has 4 aromatic heterocycles. The quantitative estimate of drug-likeness (QED) is 0.181. The van der Waals surface area contributed by atoms with Crippen molar-refractivity contribution in [3.8, 4) is 45.3 Å². The molecule has 55 heavy (non-hydrogen) atoms. The summed E-state index contributed by atoms with van der Waals surface area (Å²) < 4.78 is 15.6. The molecule has 4 heterocycles. The second kappa shape index (κ2) is 11.7. The fraction of sp³-hybridized carbons (Fsp3) is 0. The number of rotatable bonds is 4. The number of furan rings is 2. The SMILES string of the molecule is c1ccc(-c2cc3c4cc(-c5nc(-c6cccc7c6oc6ccccc67)nc(-c6cccc7sc8ccccc8c67)n5)ccc4oc3c3ccccc23)cc1. The molecular weight excluding hydrogens is 695 g/mol. The second-order valence-electron chi connectivity index (χ2n) is 13.9. The van der Waals surface area contributed by atoms with Crippen molar-refractivity contribution in [2.24, 2.45) is 0 Å². The highest BCUT2D eigenvalue weighted by Crippen LogP contribution is 2.43. The third kappa shape index (κ3) is 4.62. The van der Waals surface area contributed by atoms with Crippen LogP contribution in [0.3, 0.4) is 0 Å². The Kier molecular flexibility index (Phi) is 6.44. The van der Waals surface area contributed by atoms with Crippen molar-refractivity contribution >= 4 is 86.2 Å². The molecular formula is C49H27N3O2S. The molecule has 0 bridgehead atoms. The number of aromatic nitrogens is 3. The number of fused-ring (bicyclic) bond motifs is 11. The van der Waals surface area contributed by atoms with Crippen molar-refractivity contribution in [2.45, 2.75) is 0 Å². The van der Waals surface area contributed by atoms with Gasteiger partial charge in [-0.1, -0.05) is 115 Å². The van der Waals surface area contributed by atoms with Crippen molar-refractivity contribution in [1.29, 1.82) is 0 Å². The topological polar surface area (TPSA) is 65.0 Å². The van der Waals surface area contributed by atoms with Crippen molar-refractivity contribution in [2.75, 3.05) is 0 Å². The van der Waals surface area contributed by atoms with Crippen molar-refractivity contribution in [1.82, 2.24) is 15.0 Å². The molecule has 5 nitrogen and oxygen atoms in total. The van der Waals surface area contributed by atoms with Crippen LogP contribution in [0.15, 0.2) is 173 Å². The monoisotopic (exact) mass is 721 g/mol. The molecule has 12 rings (SSSR count). The summed E-state index contributed by atoms with van der Waals surface area (Å²) in [5.41, 5.74) is 8.23. The Bertz CT molecular complexity index is 3510. The molecule has 0 amide bonds. The van der Waals surface area contributed by atoms with E-state index in [2.05, 4.69) is 127 Å². The summed E-state index contributed by atoms with van der Waals surface area (Å²) >= 11 is 1.78. The molecule has 0 atom stereocenters. The highest BCUT2D eigenvalue weighted by molar-refractivity contribution is 7.25. The van der Waals surface area contributed by atoms with Gasteiger partial charge in [-0.3, -0.25) is 0 Å². The third-order valence-corrected chi connectivity index (χ3v) is 11.9. The number of thiophene rings is 1. The minimum Gasteiger partial charge on any atom is -0.455 e. The average molecular weight is 722 g/mol. The Morgan fingerprint density at radius 2 is 0.964 bits per heavy atom. The average Bonchev–Trinajstić information content (AvgIpc) is 3.95. The maximum absolute atomic E-state index is 6.63. The zero-order valence-corrected chi connectivity index (χ0v) is 30.0. The lowest BCUT2D eigenvalue weighted by atomic mass is 9.95. The Morgan fingerprint density at radius 3 is 1.85 bits per heavy atom. The molecule has 0 radical (unpaired) electrons. The van der Waals surface area contributed by atoms with Crippen LogP contribution in [0, 0.1) is 0 Å². The number of benzene rings is 8. The van der Waals surface area contributed by atoms with E-state index < -0.39 is 0 Å². The first-order valence-electron chi connectivity index (χ1n) is 18.3. The van der Waals surface area contributed by atoms with Gasteiger partial charge in [0.15, 0.2) is 17.5 Å². The van der Waals surface area contributed by atoms with Crippen molar-refractivity contribution in [3.63, 3.8) is 0 Å². The molecule has 12 aromatic rings. The molecule has 6 heteroatoms. The van der Waals surface area contributed by atoms with Gasteiger partial charge in [0, 0.05) is 58.2 Å². The Labute approximate surface area is 317 Å². The van der Waals surface area contributed by atoms with Gasteiger partial charge in [0.25, 0.3) is 0 Å². The van der Waals surface area contributed by atoms with E-state index in [0.29, 0.717) is 17.5 Å². The lowest BCUT2D eigenvalue weighted by Gasteiger charge is -2.10. The van der Waals surface area contributed by atoms with Gasteiger partial charge in [-0.25, -0.2) is 15.0 Å². The molecule has 0 aliphatic carbocycles. The van der Waals surface area contributed by atoms with E-state index in [0.717, 1.165) is 87.9 Å². The Hall–Kier alpha value is -7.15. The molecule has 0 spiro atoms. The fourth-order valence-electron chi connectivity index (χ4n) is 8.22. The van der Waals surface area contributed by atoms with Gasteiger partial charge in [0.05, 0.1) is 5.56 Å². The van der Waals surface area contributed by atoms with Crippen molar-refractivity contribution < 1.29 is 8.83 Å². The maximum Gasteiger partial charge on any atom is 0.167 e. The van der Waals surface area contributed by atoms with E-state index in [1.165, 1.54) is 14.8 Å². The predicted octanol–water partition coefficient (Wildman–Crippen LogP) is 13.9. The highest BCUT2D eigenvalue weighted by Gasteiger charge is 2.21. The minimum atomic E-state index is 0.552. The molecule has 0 fully saturated rings. The molecule has 0 aliphatic rings. The normalized spacial score (nSPS) is 12.0. The number of hydrogen-bond acceptors (Lipinski definition) is 6. The van der Waals surface area contributed by atoms with Gasteiger partial charge in [0.1, 0.15) is 22.3 Å². The Morgan fingerprint density at radius 1 is 0.345 bits per heavy atom. The molecule has 0 aliphatic heterocycles. The zero-order valence-electron chi connectivity index (χ0n) is 29.2. The predicted molar refractivity (Wildman–Crippen MR) is 227 cm³/mol. The lowest BCUT2D eigenvalue weighted by Crippen LogP contribution is -2.00. The van der Waals surface area contributed by atoms with E-state index in [1.807, 2.05) is 36.4 Å². The Balaban J connectivity index is 1.13. The first-order chi connectivity index (χ1) is 27.2. The van der Waals surface area contributed by atoms with Gasteiger partial charge < -0.3 is 8.83 Å². The zero-order chi connectivity index (χ0) is 36.0. The van der Waals surface area contributed by atoms with Crippen LogP contribution >= 0.6 is 11.3 Å². The van der Waals surface area contributed by atoms with Crippen LogP contribution in [0.25, 0.3) is 120 Å². The van der Waals surface area contributed by atoms with E-state index in [4.69, 9.17) is 23.8 Å². The maximum atomic E-state index is 6.63. The standard InChI is InChI=1S/C49H27N3O2S/c1-2-12-28(13-3-1)37-27-39-38-26-29(24-25-41(38)54-46(39)32-16-5-4-14-30(32)37)47-50-48(35-19-11-23-43-44(35)34-17-7-9-22-42(34)55-43)52-49(51-47)36-20-10-18-33-31-15-6-8-21-40(31)53-45(33)36/h1-27H. The lowest BCUT2D eigenvalue weighted by molar-refractivity contribution is 0.669. The van der Waals surface area contributed by atoms with Crippen molar-refractivity contribution in [3.05, 3.63) is 164 Å². The van der Waals surface area contributed by atoms with E-state index in [1.54, 1.807) is 11.3 Å². The summed E-state index contributed by atoms with van der Waals surface area (Å²) in [4.78, 5) is 15.7. The molecule has 0 unspecified atom stereocenters. The van der Waals surface area contributed by atoms with Gasteiger partial charge in [0.2, 0.25) is 0 Å². The summed E-state index contributed by atoms with van der Waals surface area (Å²) in [6.45, 7) is 0. The largest absolute Gasteiger partial charge is 0.455 e. The van der Waals surface area contributed by atoms with Crippen LogP contribution in [0.1, 0.15) is 0 Å². The molecule has 0 saturated heterocycles. The van der Waals surface area contributed by atoms with E-state index >= 15 is 0 Å². The van der Waals surface area contributed by atoms with Crippen LogP contribution < -0.4 is 0 Å². The van der Waals surface area contributed by atoms with Crippen LogP contribution in [0.4, 0.5) is 0 Å². The van der Waals surface area contributed by atoms with E-state index in [9.17, 15) is 0 Å². The van der Waals surface area contributed by atoms with Gasteiger partial charge in [-0.15, -0.1) is 11.3 Å². The smallest absolute Gasteiger partial charge is 0.167 e. The second-order valence-corrected chi connectivity index (χ2v) is 15.0. The third-order valence-electron chi connectivity index (χ3n) is 10.7. The van der Waals surface area contributed by atoms with Crippen LogP contribution in [0.5, 0.6) is 0 Å². The van der Waals surface area contributed by atoms with Crippen LogP contribution in [-0.4, -0.2) is 15.0 Å². The van der Waals surface area contributed by atoms with Crippen LogP contribution in [0.2, 0.25) is 0 Å². The van der Waals surface area contributed by atoms with E-state index in [-0.39, 0.29) is 0 Å². The molecule has 0 N–H and O–H groups in total. The summed E-state index contributed by atoms with van der Waals surface area (Å²) in [5, 5.41) is 8.70. The highest BCUT2D eigenvalue weighted by atomic mass is 32.1. The van der Waals surface area contributed by atoms with Crippen LogP contribution in [-0.2, 0) is 0 Å². The minimum absolute atomic E-state index is 0.552. The summed E-state index contributed by atoms with van der Waals surface area (Å²) in [6, 6.07) is 56.8. The summed E-state index contributed by atoms with van der Waals surface area (Å²) in [7, 11) is 0. The number of para-hydroxylation sites is 2. The fourth-order valence-corrected chi connectivity index (χ4v) is 9.36. The van der Waals surface area contributed by atoms with Gasteiger partial charge in [-0.2, -0.15) is 0 Å². The summed E-state index contributed by atoms with van der Waals surface area (Å²) in [6.07, 6.45) is 0. The molecule has 0 saturated carbocycles. The first kappa shape index (κ1) is 30.3. The van der Waals surface area contributed by atoms with Gasteiger partial charge >= 0.3 is 0 Å². The molecule has 256 valence electrons. The number of hydrogen-bond donors (Lipinski definition) is 0. The first-order valence-corrected chi connectivity index (χ1v) is 19.1. The molecule has 8 aromatic carbocycles. The summed E-state index contributed by atoms with van der Waals surface area (Å²) in [5.74, 6) is 1.73. The van der Waals surface area contributed by atoms with Gasteiger partial charge in [-0.05, 0) is 65.0 Å².